The van der Waals surface area contributed by atoms with Crippen LogP contribution in [0.25, 0.3) is 10.8 Å². The molecule has 0 unspecified atom stereocenters. The standard InChI is InChI=1S/C15H17NO2/c1-15(2,18-3)9-14(17)13-6-4-5-11-10-16-8-7-12(11)13/h4-8,10H,9H2,1-3H3. The third kappa shape index (κ3) is 2.57. The van der Waals surface area contributed by atoms with Crippen molar-refractivity contribution in [1.82, 2.24) is 4.98 Å². The Hall–Kier alpha value is -1.74. The molecule has 2 rings (SSSR count). The largest absolute Gasteiger partial charge is 0.378 e. The SMILES string of the molecule is COC(C)(C)CC(=O)c1cccc2cnccc12. The summed E-state index contributed by atoms with van der Waals surface area (Å²) in [7, 11) is 1.63. The molecular formula is C15H17NO2. The molecule has 3 nitrogen and oxygen atoms in total. The van der Waals surface area contributed by atoms with Crippen molar-refractivity contribution in [3.05, 3.63) is 42.2 Å². The van der Waals surface area contributed by atoms with E-state index in [0.717, 1.165) is 16.3 Å². The number of benzene rings is 1. The van der Waals surface area contributed by atoms with Gasteiger partial charge < -0.3 is 4.74 Å². The van der Waals surface area contributed by atoms with Crippen molar-refractivity contribution < 1.29 is 9.53 Å². The van der Waals surface area contributed by atoms with Gasteiger partial charge in [-0.05, 0) is 25.3 Å². The highest BCUT2D eigenvalue weighted by Crippen LogP contribution is 2.22. The summed E-state index contributed by atoms with van der Waals surface area (Å²) in [5, 5.41) is 1.93. The van der Waals surface area contributed by atoms with E-state index in [9.17, 15) is 4.79 Å². The zero-order valence-corrected chi connectivity index (χ0v) is 10.9. The fourth-order valence-electron chi connectivity index (χ4n) is 1.92. The van der Waals surface area contributed by atoms with E-state index in [1.807, 2.05) is 38.1 Å². The summed E-state index contributed by atoms with van der Waals surface area (Å²) in [6.07, 6.45) is 3.85. The number of aromatic nitrogens is 1. The molecule has 0 bridgehead atoms. The monoisotopic (exact) mass is 243 g/mol. The van der Waals surface area contributed by atoms with Crippen LogP contribution in [0.2, 0.25) is 0 Å². The number of Topliss-reactive ketones (excluding diaryl/α,β-unsaturated/α-hetero) is 1. The van der Waals surface area contributed by atoms with Gasteiger partial charge in [-0.3, -0.25) is 9.78 Å². The fraction of sp³-hybridized carbons (Fsp3) is 0.333. The van der Waals surface area contributed by atoms with E-state index in [0.29, 0.717) is 6.42 Å². The van der Waals surface area contributed by atoms with Gasteiger partial charge in [-0.15, -0.1) is 0 Å². The second-order valence-corrected chi connectivity index (χ2v) is 4.97. The Kier molecular flexibility index (Phi) is 3.43. The second-order valence-electron chi connectivity index (χ2n) is 4.97. The normalized spacial score (nSPS) is 11.7. The van der Waals surface area contributed by atoms with Gasteiger partial charge in [-0.1, -0.05) is 18.2 Å². The molecule has 0 N–H and O–H groups in total. The number of rotatable bonds is 4. The van der Waals surface area contributed by atoms with Crippen molar-refractivity contribution in [3.8, 4) is 0 Å². The van der Waals surface area contributed by atoms with Crippen LogP contribution in [0, 0.1) is 0 Å². The third-order valence-electron chi connectivity index (χ3n) is 3.12. The molecule has 0 spiro atoms. The molecular weight excluding hydrogens is 226 g/mol. The molecule has 0 amide bonds. The smallest absolute Gasteiger partial charge is 0.166 e. The first-order chi connectivity index (χ1) is 8.53. The number of ketones is 1. The van der Waals surface area contributed by atoms with Gasteiger partial charge in [-0.2, -0.15) is 0 Å². The topological polar surface area (TPSA) is 39.2 Å². The van der Waals surface area contributed by atoms with Crippen molar-refractivity contribution >= 4 is 16.6 Å². The second kappa shape index (κ2) is 4.86. The molecule has 2 aromatic rings. The van der Waals surface area contributed by atoms with Gasteiger partial charge >= 0.3 is 0 Å². The van der Waals surface area contributed by atoms with Gasteiger partial charge in [0.1, 0.15) is 0 Å². The number of fused-ring (bicyclic) bond motifs is 1. The molecule has 1 heterocycles. The number of hydrogen-bond donors (Lipinski definition) is 0. The molecule has 0 fully saturated rings. The maximum absolute atomic E-state index is 12.3. The number of hydrogen-bond acceptors (Lipinski definition) is 3. The minimum absolute atomic E-state index is 0.0960. The summed E-state index contributed by atoms with van der Waals surface area (Å²) in [5.74, 6) is 0.0960. The Balaban J connectivity index is 2.39. The molecule has 0 aliphatic rings. The molecule has 1 aromatic heterocycles. The molecule has 0 aliphatic heterocycles. The Morgan fingerprint density at radius 3 is 2.83 bits per heavy atom. The van der Waals surface area contributed by atoms with Crippen LogP contribution in [0.15, 0.2) is 36.7 Å². The Labute approximate surface area is 107 Å². The van der Waals surface area contributed by atoms with Crippen LogP contribution < -0.4 is 0 Å². The zero-order valence-electron chi connectivity index (χ0n) is 10.9. The predicted octanol–water partition coefficient (Wildman–Crippen LogP) is 3.23. The lowest BCUT2D eigenvalue weighted by Gasteiger charge is -2.22. The number of nitrogens with zero attached hydrogens (tertiary/aromatic N) is 1. The Morgan fingerprint density at radius 1 is 1.33 bits per heavy atom. The van der Waals surface area contributed by atoms with Crippen LogP contribution in [0.3, 0.4) is 0 Å². The van der Waals surface area contributed by atoms with Gasteiger partial charge in [0.2, 0.25) is 0 Å². The van der Waals surface area contributed by atoms with Crippen LogP contribution in [-0.4, -0.2) is 23.5 Å². The van der Waals surface area contributed by atoms with E-state index < -0.39 is 5.60 Å². The number of pyridine rings is 1. The summed E-state index contributed by atoms with van der Waals surface area (Å²) in [4.78, 5) is 16.4. The number of methoxy groups -OCH3 is 1. The van der Waals surface area contributed by atoms with E-state index in [2.05, 4.69) is 4.98 Å². The Bertz CT molecular complexity index is 570. The summed E-state index contributed by atoms with van der Waals surface area (Å²) in [6.45, 7) is 3.83. The molecule has 1 aromatic carbocycles. The van der Waals surface area contributed by atoms with E-state index in [1.165, 1.54) is 0 Å². The van der Waals surface area contributed by atoms with Gasteiger partial charge in [0.05, 0.1) is 5.60 Å². The van der Waals surface area contributed by atoms with Crippen LogP contribution in [0.4, 0.5) is 0 Å². The molecule has 0 atom stereocenters. The molecule has 18 heavy (non-hydrogen) atoms. The lowest BCUT2D eigenvalue weighted by atomic mass is 9.94. The number of ether oxygens (including phenoxy) is 1. The molecule has 0 aliphatic carbocycles. The number of carbonyl (C=O) groups is 1. The molecule has 3 heteroatoms. The van der Waals surface area contributed by atoms with E-state index in [4.69, 9.17) is 4.74 Å². The summed E-state index contributed by atoms with van der Waals surface area (Å²) >= 11 is 0. The van der Waals surface area contributed by atoms with Crippen LogP contribution in [0.5, 0.6) is 0 Å². The summed E-state index contributed by atoms with van der Waals surface area (Å²) in [5.41, 5.74) is 0.298. The van der Waals surface area contributed by atoms with Crippen molar-refractivity contribution in [2.45, 2.75) is 25.9 Å². The van der Waals surface area contributed by atoms with E-state index in [1.54, 1.807) is 19.5 Å². The number of carbonyl (C=O) groups excluding carboxylic acids is 1. The zero-order chi connectivity index (χ0) is 13.2. The molecule has 0 saturated heterocycles. The van der Waals surface area contributed by atoms with Gasteiger partial charge in [0, 0.05) is 36.9 Å². The van der Waals surface area contributed by atoms with E-state index in [-0.39, 0.29) is 5.78 Å². The average Bonchev–Trinajstić information content (AvgIpc) is 2.37. The highest BCUT2D eigenvalue weighted by atomic mass is 16.5. The van der Waals surface area contributed by atoms with Crippen molar-refractivity contribution in [3.63, 3.8) is 0 Å². The van der Waals surface area contributed by atoms with Crippen molar-refractivity contribution in [2.75, 3.05) is 7.11 Å². The van der Waals surface area contributed by atoms with Gasteiger partial charge in [0.25, 0.3) is 0 Å². The molecule has 94 valence electrons. The van der Waals surface area contributed by atoms with Crippen LogP contribution >= 0.6 is 0 Å². The maximum Gasteiger partial charge on any atom is 0.166 e. The fourth-order valence-corrected chi connectivity index (χ4v) is 1.92. The first kappa shape index (κ1) is 12.7. The van der Waals surface area contributed by atoms with Crippen LogP contribution in [0.1, 0.15) is 30.6 Å². The maximum atomic E-state index is 12.3. The summed E-state index contributed by atoms with van der Waals surface area (Å²) < 4.78 is 5.31. The quantitative estimate of drug-likeness (QED) is 0.774. The van der Waals surface area contributed by atoms with Crippen molar-refractivity contribution in [1.29, 1.82) is 0 Å². The minimum atomic E-state index is -0.438. The molecule has 0 radical (unpaired) electrons. The first-order valence-corrected chi connectivity index (χ1v) is 5.94. The highest BCUT2D eigenvalue weighted by Gasteiger charge is 2.22. The van der Waals surface area contributed by atoms with Gasteiger partial charge in [-0.25, -0.2) is 0 Å². The predicted molar refractivity (Wildman–Crippen MR) is 71.8 cm³/mol. The van der Waals surface area contributed by atoms with E-state index >= 15 is 0 Å². The lowest BCUT2D eigenvalue weighted by molar-refractivity contribution is 0.0172. The lowest BCUT2D eigenvalue weighted by Crippen LogP contribution is -2.26. The van der Waals surface area contributed by atoms with Crippen LogP contribution in [-0.2, 0) is 4.74 Å². The highest BCUT2D eigenvalue weighted by molar-refractivity contribution is 6.08. The average molecular weight is 243 g/mol. The first-order valence-electron chi connectivity index (χ1n) is 5.94. The Morgan fingerprint density at radius 2 is 2.11 bits per heavy atom. The third-order valence-corrected chi connectivity index (χ3v) is 3.12. The molecule has 0 saturated carbocycles. The van der Waals surface area contributed by atoms with Gasteiger partial charge in [0.15, 0.2) is 5.78 Å². The van der Waals surface area contributed by atoms with Crippen molar-refractivity contribution in [2.24, 2.45) is 0 Å². The minimum Gasteiger partial charge on any atom is -0.378 e. The summed E-state index contributed by atoms with van der Waals surface area (Å²) in [6, 6.07) is 7.58.